The van der Waals surface area contributed by atoms with Crippen molar-refractivity contribution in [2.24, 2.45) is 0 Å². The van der Waals surface area contributed by atoms with Crippen molar-refractivity contribution in [3.8, 4) is 16.9 Å². The zero-order valence-corrected chi connectivity index (χ0v) is 9.38. The molecule has 1 aromatic carbocycles. The molecule has 0 aliphatic rings. The molecule has 2 rings (SSSR count). The molecule has 4 heteroatoms. The monoisotopic (exact) mass is 236 g/mol. The molecule has 0 aliphatic carbocycles. The highest BCUT2D eigenvalue weighted by atomic mass is 32.1. The SMILES string of the molecule is COc1ccc(-c2csc(C=O)c2)c(F)c1. The first-order valence-electron chi connectivity index (χ1n) is 4.62. The van der Waals surface area contributed by atoms with E-state index in [1.54, 1.807) is 23.6 Å². The summed E-state index contributed by atoms with van der Waals surface area (Å²) in [7, 11) is 1.49. The fraction of sp³-hybridized carbons (Fsp3) is 0.0833. The molecule has 0 bridgehead atoms. The minimum absolute atomic E-state index is 0.352. The summed E-state index contributed by atoms with van der Waals surface area (Å²) in [5.74, 6) is 0.127. The van der Waals surface area contributed by atoms with E-state index in [1.165, 1.54) is 24.5 Å². The van der Waals surface area contributed by atoms with Crippen LogP contribution in [0.4, 0.5) is 4.39 Å². The molecule has 0 amide bonds. The normalized spacial score (nSPS) is 10.1. The van der Waals surface area contributed by atoms with Crippen LogP contribution in [0.15, 0.2) is 29.6 Å². The topological polar surface area (TPSA) is 26.3 Å². The average Bonchev–Trinajstić information content (AvgIpc) is 2.77. The number of methoxy groups -OCH3 is 1. The second-order valence-electron chi connectivity index (χ2n) is 3.20. The standard InChI is InChI=1S/C12H9FO2S/c1-15-9-2-3-11(12(13)5-9)8-4-10(6-14)16-7-8/h2-7H,1H3. The summed E-state index contributed by atoms with van der Waals surface area (Å²) in [6.45, 7) is 0. The van der Waals surface area contributed by atoms with Crippen LogP contribution >= 0.6 is 11.3 Å². The van der Waals surface area contributed by atoms with Crippen molar-refractivity contribution in [1.29, 1.82) is 0 Å². The number of benzene rings is 1. The summed E-state index contributed by atoms with van der Waals surface area (Å²) in [5, 5.41) is 1.76. The number of carbonyl (C=O) groups is 1. The lowest BCUT2D eigenvalue weighted by molar-refractivity contribution is 0.112. The highest BCUT2D eigenvalue weighted by Crippen LogP contribution is 2.29. The molecule has 1 aromatic heterocycles. The molecule has 1 heterocycles. The fourth-order valence-corrected chi connectivity index (χ4v) is 2.12. The predicted molar refractivity (Wildman–Crippen MR) is 61.7 cm³/mol. The van der Waals surface area contributed by atoms with Gasteiger partial charge in [0.1, 0.15) is 11.6 Å². The van der Waals surface area contributed by atoms with E-state index in [0.717, 1.165) is 6.29 Å². The van der Waals surface area contributed by atoms with Gasteiger partial charge in [-0.2, -0.15) is 0 Å². The van der Waals surface area contributed by atoms with Crippen LogP contribution in [-0.4, -0.2) is 13.4 Å². The van der Waals surface area contributed by atoms with Gasteiger partial charge in [-0.15, -0.1) is 11.3 Å². The van der Waals surface area contributed by atoms with Gasteiger partial charge in [0.25, 0.3) is 0 Å². The maximum atomic E-state index is 13.7. The lowest BCUT2D eigenvalue weighted by atomic mass is 10.1. The maximum absolute atomic E-state index is 13.7. The minimum Gasteiger partial charge on any atom is -0.497 e. The van der Waals surface area contributed by atoms with Crippen molar-refractivity contribution >= 4 is 17.6 Å². The van der Waals surface area contributed by atoms with Gasteiger partial charge in [0.15, 0.2) is 6.29 Å². The van der Waals surface area contributed by atoms with Crippen molar-refractivity contribution < 1.29 is 13.9 Å². The predicted octanol–water partition coefficient (Wildman–Crippen LogP) is 3.38. The molecule has 2 nitrogen and oxygen atoms in total. The molecule has 2 aromatic rings. The molecule has 0 saturated carbocycles. The Morgan fingerprint density at radius 2 is 2.19 bits per heavy atom. The van der Waals surface area contributed by atoms with E-state index in [1.807, 2.05) is 0 Å². The third-order valence-electron chi connectivity index (χ3n) is 2.22. The number of carbonyl (C=O) groups excluding carboxylic acids is 1. The smallest absolute Gasteiger partial charge is 0.160 e. The van der Waals surface area contributed by atoms with Crippen LogP contribution in [0.25, 0.3) is 11.1 Å². The molecule has 0 saturated heterocycles. The lowest BCUT2D eigenvalue weighted by Crippen LogP contribution is -1.86. The van der Waals surface area contributed by atoms with Gasteiger partial charge in [-0.25, -0.2) is 4.39 Å². The van der Waals surface area contributed by atoms with Crippen molar-refractivity contribution in [1.82, 2.24) is 0 Å². The number of rotatable bonds is 3. The molecule has 0 spiro atoms. The Morgan fingerprint density at radius 3 is 2.75 bits per heavy atom. The number of aldehydes is 1. The van der Waals surface area contributed by atoms with E-state index in [4.69, 9.17) is 4.74 Å². The van der Waals surface area contributed by atoms with Gasteiger partial charge in [-0.05, 0) is 29.1 Å². The summed E-state index contributed by atoms with van der Waals surface area (Å²) in [6.07, 6.45) is 0.760. The minimum atomic E-state index is -0.352. The summed E-state index contributed by atoms with van der Waals surface area (Å²) in [4.78, 5) is 11.1. The van der Waals surface area contributed by atoms with Crippen molar-refractivity contribution in [2.75, 3.05) is 7.11 Å². The van der Waals surface area contributed by atoms with Gasteiger partial charge < -0.3 is 4.74 Å². The molecule has 0 radical (unpaired) electrons. The number of halogens is 1. The Bertz CT molecular complexity index is 519. The number of ether oxygens (including phenoxy) is 1. The Labute approximate surface area is 96.3 Å². The van der Waals surface area contributed by atoms with Gasteiger partial charge in [-0.3, -0.25) is 4.79 Å². The highest BCUT2D eigenvalue weighted by Gasteiger charge is 2.08. The third-order valence-corrected chi connectivity index (χ3v) is 3.08. The van der Waals surface area contributed by atoms with E-state index in [0.29, 0.717) is 21.8 Å². The largest absolute Gasteiger partial charge is 0.497 e. The lowest BCUT2D eigenvalue weighted by Gasteiger charge is -2.03. The van der Waals surface area contributed by atoms with Gasteiger partial charge in [-0.1, -0.05) is 0 Å². The van der Waals surface area contributed by atoms with Crippen molar-refractivity contribution in [2.45, 2.75) is 0 Å². The van der Waals surface area contributed by atoms with Crippen molar-refractivity contribution in [3.63, 3.8) is 0 Å². The summed E-state index contributed by atoms with van der Waals surface area (Å²) >= 11 is 1.30. The third kappa shape index (κ3) is 1.97. The average molecular weight is 236 g/mol. The number of thiophene rings is 1. The molecule has 82 valence electrons. The maximum Gasteiger partial charge on any atom is 0.160 e. The van der Waals surface area contributed by atoms with Gasteiger partial charge >= 0.3 is 0 Å². The first-order valence-corrected chi connectivity index (χ1v) is 5.50. The summed E-state index contributed by atoms with van der Waals surface area (Å²) in [6, 6.07) is 6.33. The van der Waals surface area contributed by atoms with Crippen LogP contribution in [0.2, 0.25) is 0 Å². The zero-order chi connectivity index (χ0) is 11.5. The van der Waals surface area contributed by atoms with Crippen LogP contribution in [0, 0.1) is 5.82 Å². The van der Waals surface area contributed by atoms with Gasteiger partial charge in [0, 0.05) is 11.6 Å². The molecule has 0 atom stereocenters. The van der Waals surface area contributed by atoms with Crippen LogP contribution in [-0.2, 0) is 0 Å². The van der Waals surface area contributed by atoms with Gasteiger partial charge in [0.2, 0.25) is 0 Å². The molecule has 16 heavy (non-hydrogen) atoms. The Balaban J connectivity index is 2.43. The first kappa shape index (κ1) is 10.8. The second-order valence-corrected chi connectivity index (χ2v) is 4.14. The van der Waals surface area contributed by atoms with Crippen LogP contribution in [0.3, 0.4) is 0 Å². The van der Waals surface area contributed by atoms with Crippen molar-refractivity contribution in [3.05, 3.63) is 40.3 Å². The van der Waals surface area contributed by atoms with Gasteiger partial charge in [0.05, 0.1) is 12.0 Å². The van der Waals surface area contributed by atoms with E-state index >= 15 is 0 Å². The Hall–Kier alpha value is -1.68. The van der Waals surface area contributed by atoms with E-state index in [-0.39, 0.29) is 5.82 Å². The quantitative estimate of drug-likeness (QED) is 0.764. The van der Waals surface area contributed by atoms with Crippen LogP contribution in [0.5, 0.6) is 5.75 Å². The van der Waals surface area contributed by atoms with E-state index in [2.05, 4.69) is 0 Å². The summed E-state index contributed by atoms with van der Waals surface area (Å²) in [5.41, 5.74) is 1.19. The molecular formula is C12H9FO2S. The molecule has 0 N–H and O–H groups in total. The molecule has 0 aliphatic heterocycles. The zero-order valence-electron chi connectivity index (χ0n) is 8.57. The number of hydrogen-bond donors (Lipinski definition) is 0. The van der Waals surface area contributed by atoms with E-state index < -0.39 is 0 Å². The Morgan fingerprint density at radius 1 is 1.38 bits per heavy atom. The molecule has 0 unspecified atom stereocenters. The number of hydrogen-bond acceptors (Lipinski definition) is 3. The first-order chi connectivity index (χ1) is 7.74. The highest BCUT2D eigenvalue weighted by molar-refractivity contribution is 7.12. The summed E-state index contributed by atoms with van der Waals surface area (Å²) < 4.78 is 18.6. The van der Waals surface area contributed by atoms with Crippen LogP contribution < -0.4 is 4.74 Å². The Kier molecular flexibility index (Phi) is 3.01. The molecular weight excluding hydrogens is 227 g/mol. The van der Waals surface area contributed by atoms with E-state index in [9.17, 15) is 9.18 Å². The second kappa shape index (κ2) is 4.45. The van der Waals surface area contributed by atoms with Crippen LogP contribution in [0.1, 0.15) is 9.67 Å². The molecule has 0 fully saturated rings. The fourth-order valence-electron chi connectivity index (χ4n) is 1.41.